The van der Waals surface area contributed by atoms with Crippen molar-refractivity contribution >= 4 is 17.3 Å². The van der Waals surface area contributed by atoms with Gasteiger partial charge in [0.05, 0.1) is 17.8 Å². The molecular formula is C12H11ClN2O2. The lowest BCUT2D eigenvalue weighted by atomic mass is 10.3. The molecule has 0 spiro atoms. The van der Waals surface area contributed by atoms with Crippen LogP contribution in [0.25, 0.3) is 0 Å². The van der Waals surface area contributed by atoms with Crippen molar-refractivity contribution < 1.29 is 9.47 Å². The van der Waals surface area contributed by atoms with Crippen molar-refractivity contribution in [2.75, 3.05) is 12.8 Å². The quantitative estimate of drug-likeness (QED) is 0.909. The van der Waals surface area contributed by atoms with Crippen LogP contribution in [0.1, 0.15) is 0 Å². The first kappa shape index (κ1) is 11.5. The van der Waals surface area contributed by atoms with Crippen LogP contribution in [0.15, 0.2) is 36.5 Å². The molecule has 1 aromatic carbocycles. The molecule has 0 saturated carbocycles. The molecule has 0 amide bonds. The molecule has 2 rings (SSSR count). The van der Waals surface area contributed by atoms with Crippen molar-refractivity contribution in [1.29, 1.82) is 0 Å². The molecule has 5 heteroatoms. The topological polar surface area (TPSA) is 57.4 Å². The van der Waals surface area contributed by atoms with Crippen LogP contribution >= 0.6 is 11.6 Å². The molecule has 2 N–H and O–H groups in total. The predicted molar refractivity (Wildman–Crippen MR) is 66.7 cm³/mol. The second-order valence-corrected chi connectivity index (χ2v) is 3.76. The number of pyridine rings is 1. The van der Waals surface area contributed by atoms with E-state index in [0.29, 0.717) is 22.3 Å². The molecule has 0 saturated heterocycles. The van der Waals surface area contributed by atoms with Crippen molar-refractivity contribution in [3.63, 3.8) is 0 Å². The van der Waals surface area contributed by atoms with Crippen LogP contribution in [0, 0.1) is 0 Å². The van der Waals surface area contributed by atoms with Gasteiger partial charge in [-0.15, -0.1) is 0 Å². The number of methoxy groups -OCH3 is 1. The van der Waals surface area contributed by atoms with E-state index in [4.69, 9.17) is 26.8 Å². The monoisotopic (exact) mass is 250 g/mol. The van der Waals surface area contributed by atoms with Gasteiger partial charge >= 0.3 is 0 Å². The highest BCUT2D eigenvalue weighted by atomic mass is 35.5. The van der Waals surface area contributed by atoms with Crippen LogP contribution in [-0.2, 0) is 0 Å². The van der Waals surface area contributed by atoms with Gasteiger partial charge in [-0.05, 0) is 30.3 Å². The summed E-state index contributed by atoms with van der Waals surface area (Å²) in [5.41, 5.74) is 6.13. The first-order valence-electron chi connectivity index (χ1n) is 4.92. The molecule has 0 aliphatic heterocycles. The number of anilines is 1. The number of nitrogens with zero attached hydrogens (tertiary/aromatic N) is 1. The van der Waals surface area contributed by atoms with Gasteiger partial charge in [0.1, 0.15) is 11.5 Å². The van der Waals surface area contributed by atoms with Gasteiger partial charge in [-0.2, -0.15) is 0 Å². The van der Waals surface area contributed by atoms with E-state index in [9.17, 15) is 0 Å². The lowest BCUT2D eigenvalue weighted by Gasteiger charge is -2.07. The van der Waals surface area contributed by atoms with E-state index in [-0.39, 0.29) is 0 Å². The number of ether oxygens (including phenoxy) is 2. The average Bonchev–Trinajstić information content (AvgIpc) is 2.34. The number of nitrogen functional groups attached to an aromatic ring is 1. The number of hydrogen-bond donors (Lipinski definition) is 1. The van der Waals surface area contributed by atoms with Crippen LogP contribution in [0.2, 0.25) is 5.02 Å². The number of halogens is 1. The number of benzene rings is 1. The lowest BCUT2D eigenvalue weighted by Crippen LogP contribution is -1.94. The molecule has 0 unspecified atom stereocenters. The normalized spacial score (nSPS) is 10.0. The fourth-order valence-electron chi connectivity index (χ4n) is 1.28. The van der Waals surface area contributed by atoms with E-state index >= 15 is 0 Å². The highest BCUT2D eigenvalue weighted by Gasteiger charge is 2.04. The number of hydrogen-bond acceptors (Lipinski definition) is 4. The molecule has 0 radical (unpaired) electrons. The van der Waals surface area contributed by atoms with E-state index in [1.165, 1.54) is 6.20 Å². The third-order valence-corrected chi connectivity index (χ3v) is 2.33. The zero-order valence-corrected chi connectivity index (χ0v) is 9.94. The highest BCUT2D eigenvalue weighted by Crippen LogP contribution is 2.27. The Morgan fingerprint density at radius 2 is 1.82 bits per heavy atom. The Bertz CT molecular complexity index is 514. The fraction of sp³-hybridized carbons (Fsp3) is 0.0833. The average molecular weight is 251 g/mol. The van der Waals surface area contributed by atoms with Gasteiger partial charge in [0.2, 0.25) is 5.88 Å². The lowest BCUT2D eigenvalue weighted by molar-refractivity contribution is 0.412. The van der Waals surface area contributed by atoms with E-state index in [1.54, 1.807) is 37.4 Å². The standard InChI is InChI=1S/C12H11ClN2O2/c1-16-9-2-4-10(5-3-9)17-12-11(14)6-8(13)7-15-12/h2-7H,14H2,1H3. The summed E-state index contributed by atoms with van der Waals surface area (Å²) in [4.78, 5) is 4.01. The fourth-order valence-corrected chi connectivity index (χ4v) is 1.45. The van der Waals surface area contributed by atoms with Crippen molar-refractivity contribution in [2.24, 2.45) is 0 Å². The van der Waals surface area contributed by atoms with E-state index in [1.807, 2.05) is 0 Å². The molecule has 0 bridgehead atoms. The molecule has 1 aromatic heterocycles. The molecule has 0 fully saturated rings. The minimum atomic E-state index is 0.333. The Morgan fingerprint density at radius 1 is 1.18 bits per heavy atom. The molecule has 0 aliphatic carbocycles. The molecule has 88 valence electrons. The summed E-state index contributed by atoms with van der Waals surface area (Å²) >= 11 is 5.74. The summed E-state index contributed by atoms with van der Waals surface area (Å²) in [5, 5.41) is 0.476. The predicted octanol–water partition coefficient (Wildman–Crippen LogP) is 3.12. The Morgan fingerprint density at radius 3 is 2.41 bits per heavy atom. The first-order valence-corrected chi connectivity index (χ1v) is 5.30. The SMILES string of the molecule is COc1ccc(Oc2ncc(Cl)cc2N)cc1. The van der Waals surface area contributed by atoms with Crippen LogP contribution in [-0.4, -0.2) is 12.1 Å². The van der Waals surface area contributed by atoms with E-state index in [2.05, 4.69) is 4.98 Å². The summed E-state index contributed by atoms with van der Waals surface area (Å²) in [6.07, 6.45) is 1.48. The maximum Gasteiger partial charge on any atom is 0.242 e. The maximum absolute atomic E-state index is 5.74. The van der Waals surface area contributed by atoms with Crippen LogP contribution in [0.4, 0.5) is 5.69 Å². The van der Waals surface area contributed by atoms with Gasteiger partial charge < -0.3 is 15.2 Å². The van der Waals surface area contributed by atoms with Gasteiger partial charge in [-0.3, -0.25) is 0 Å². The molecule has 1 heterocycles. The molecule has 2 aromatic rings. The highest BCUT2D eigenvalue weighted by molar-refractivity contribution is 6.30. The summed E-state index contributed by atoms with van der Waals surface area (Å²) in [6, 6.07) is 8.72. The summed E-state index contributed by atoms with van der Waals surface area (Å²) in [5.74, 6) is 1.72. The molecule has 17 heavy (non-hydrogen) atoms. The van der Waals surface area contributed by atoms with Crippen molar-refractivity contribution in [1.82, 2.24) is 4.98 Å². The zero-order chi connectivity index (χ0) is 12.3. The summed E-state index contributed by atoms with van der Waals surface area (Å²) < 4.78 is 10.6. The minimum Gasteiger partial charge on any atom is -0.497 e. The Kier molecular flexibility index (Phi) is 3.35. The molecule has 0 atom stereocenters. The van der Waals surface area contributed by atoms with Crippen molar-refractivity contribution in [2.45, 2.75) is 0 Å². The Balaban J connectivity index is 2.19. The van der Waals surface area contributed by atoms with Gasteiger partial charge in [-0.25, -0.2) is 4.98 Å². The number of rotatable bonds is 3. The molecule has 4 nitrogen and oxygen atoms in total. The van der Waals surface area contributed by atoms with Gasteiger partial charge in [0.25, 0.3) is 0 Å². The maximum atomic E-state index is 5.74. The third kappa shape index (κ3) is 2.79. The third-order valence-electron chi connectivity index (χ3n) is 2.12. The van der Waals surface area contributed by atoms with Crippen molar-refractivity contribution in [3.8, 4) is 17.4 Å². The van der Waals surface area contributed by atoms with Gasteiger partial charge in [0, 0.05) is 6.20 Å². The Hall–Kier alpha value is -1.94. The Labute approximate surface area is 104 Å². The van der Waals surface area contributed by atoms with Gasteiger partial charge in [-0.1, -0.05) is 11.6 Å². The largest absolute Gasteiger partial charge is 0.497 e. The summed E-state index contributed by atoms with van der Waals surface area (Å²) in [6.45, 7) is 0. The van der Waals surface area contributed by atoms with Crippen molar-refractivity contribution in [3.05, 3.63) is 41.6 Å². The smallest absolute Gasteiger partial charge is 0.242 e. The second kappa shape index (κ2) is 4.93. The van der Waals surface area contributed by atoms with E-state index in [0.717, 1.165) is 5.75 Å². The number of aromatic nitrogens is 1. The van der Waals surface area contributed by atoms with Crippen LogP contribution < -0.4 is 15.2 Å². The number of nitrogens with two attached hydrogens (primary N) is 1. The first-order chi connectivity index (χ1) is 8.19. The minimum absolute atomic E-state index is 0.333. The second-order valence-electron chi connectivity index (χ2n) is 3.33. The summed E-state index contributed by atoms with van der Waals surface area (Å²) in [7, 11) is 1.61. The van der Waals surface area contributed by atoms with E-state index < -0.39 is 0 Å². The van der Waals surface area contributed by atoms with Crippen LogP contribution in [0.3, 0.4) is 0 Å². The zero-order valence-electron chi connectivity index (χ0n) is 9.18. The van der Waals surface area contributed by atoms with Crippen LogP contribution in [0.5, 0.6) is 17.4 Å². The molecule has 0 aliphatic rings. The van der Waals surface area contributed by atoms with Gasteiger partial charge in [0.15, 0.2) is 0 Å². The molecular weight excluding hydrogens is 240 g/mol.